The summed E-state index contributed by atoms with van der Waals surface area (Å²) < 4.78 is 1.81. The Balaban J connectivity index is 1.53. The topological polar surface area (TPSA) is 94.3 Å². The molecule has 5 aromatic heterocycles. The molecule has 5 heterocycles. The van der Waals surface area contributed by atoms with E-state index in [1.54, 1.807) is 12.4 Å². The molecule has 0 amide bonds. The van der Waals surface area contributed by atoms with Gasteiger partial charge in [0.25, 0.3) is 0 Å². The van der Waals surface area contributed by atoms with Gasteiger partial charge in [-0.25, -0.2) is 4.98 Å². The van der Waals surface area contributed by atoms with Crippen LogP contribution in [0.2, 0.25) is 0 Å². The van der Waals surface area contributed by atoms with Gasteiger partial charge in [-0.1, -0.05) is 13.8 Å². The van der Waals surface area contributed by atoms with E-state index in [1.165, 1.54) is 0 Å². The van der Waals surface area contributed by atoms with E-state index >= 15 is 0 Å². The summed E-state index contributed by atoms with van der Waals surface area (Å²) in [7, 11) is 1.92. The van der Waals surface area contributed by atoms with Crippen LogP contribution in [-0.2, 0) is 7.05 Å². The maximum absolute atomic E-state index is 4.78. The van der Waals surface area contributed by atoms with Crippen LogP contribution in [0.3, 0.4) is 0 Å². The summed E-state index contributed by atoms with van der Waals surface area (Å²) in [5.41, 5.74) is 7.45. The van der Waals surface area contributed by atoms with Gasteiger partial charge >= 0.3 is 0 Å². The van der Waals surface area contributed by atoms with Crippen molar-refractivity contribution in [3.8, 4) is 22.4 Å². The molecule has 8 heteroatoms. The Bertz CT molecular complexity index is 1450. The van der Waals surface area contributed by atoms with Crippen LogP contribution in [0.15, 0.2) is 61.2 Å². The summed E-state index contributed by atoms with van der Waals surface area (Å²) in [5, 5.41) is 16.2. The third-order valence-electron chi connectivity index (χ3n) is 5.54. The smallest absolute Gasteiger partial charge is 0.154 e. The van der Waals surface area contributed by atoms with Gasteiger partial charge in [-0.15, -0.1) is 5.10 Å². The Morgan fingerprint density at radius 3 is 2.64 bits per heavy atom. The van der Waals surface area contributed by atoms with Gasteiger partial charge in [0.2, 0.25) is 0 Å². The van der Waals surface area contributed by atoms with Gasteiger partial charge in [-0.05, 0) is 54.8 Å². The minimum atomic E-state index is 0.370. The van der Waals surface area contributed by atoms with Crippen LogP contribution >= 0.6 is 0 Å². The molecule has 33 heavy (non-hydrogen) atoms. The predicted molar refractivity (Wildman–Crippen MR) is 129 cm³/mol. The highest BCUT2D eigenvalue weighted by Gasteiger charge is 2.15. The Labute approximate surface area is 191 Å². The summed E-state index contributed by atoms with van der Waals surface area (Å²) in [4.78, 5) is 13.8. The van der Waals surface area contributed by atoms with Gasteiger partial charge in [0.1, 0.15) is 11.5 Å². The zero-order valence-corrected chi connectivity index (χ0v) is 19.0. The van der Waals surface area contributed by atoms with Gasteiger partial charge < -0.3 is 5.32 Å². The lowest BCUT2D eigenvalue weighted by Crippen LogP contribution is -2.00. The van der Waals surface area contributed by atoms with Crippen molar-refractivity contribution < 1.29 is 0 Å². The van der Waals surface area contributed by atoms with Crippen molar-refractivity contribution in [1.82, 2.24) is 34.9 Å². The molecule has 0 aromatic carbocycles. The van der Waals surface area contributed by atoms with Crippen LogP contribution in [0, 0.1) is 6.92 Å². The fourth-order valence-electron chi connectivity index (χ4n) is 3.75. The number of hydrogen-bond acceptors (Lipinski definition) is 7. The molecule has 0 unspecified atom stereocenters. The molecule has 0 aliphatic rings. The molecule has 1 N–H and O–H groups in total. The van der Waals surface area contributed by atoms with Crippen molar-refractivity contribution in [2.24, 2.45) is 7.05 Å². The van der Waals surface area contributed by atoms with E-state index in [2.05, 4.69) is 39.3 Å². The van der Waals surface area contributed by atoms with Crippen LogP contribution < -0.4 is 5.32 Å². The van der Waals surface area contributed by atoms with Gasteiger partial charge in [-0.3, -0.25) is 14.6 Å². The maximum Gasteiger partial charge on any atom is 0.154 e. The molecule has 0 atom stereocenters. The average Bonchev–Trinajstić information content (AvgIpc) is 3.20. The lowest BCUT2D eigenvalue weighted by atomic mass is 10.0. The minimum Gasteiger partial charge on any atom is -0.323 e. The number of hydrogen-bond donors (Lipinski definition) is 1. The normalized spacial score (nSPS) is 11.3. The summed E-state index contributed by atoms with van der Waals surface area (Å²) in [6, 6.07) is 11.8. The second-order valence-corrected chi connectivity index (χ2v) is 8.31. The summed E-state index contributed by atoms with van der Waals surface area (Å²) in [6.45, 7) is 6.24. The quantitative estimate of drug-likeness (QED) is 0.411. The number of fused-ring (bicyclic) bond motifs is 1. The lowest BCUT2D eigenvalue weighted by Gasteiger charge is -2.09. The SMILES string of the molecule is Cc1ncccc1-c1nn(C)cc1-c1cnc2ccc(Nc3cc(C(C)C)cnn3)nc2c1. The second kappa shape index (κ2) is 8.38. The highest BCUT2D eigenvalue weighted by atomic mass is 15.3. The molecular formula is C25H24N8. The van der Waals surface area contributed by atoms with E-state index in [-0.39, 0.29) is 0 Å². The van der Waals surface area contributed by atoms with Crippen molar-refractivity contribution in [1.29, 1.82) is 0 Å². The fourth-order valence-corrected chi connectivity index (χ4v) is 3.75. The van der Waals surface area contributed by atoms with E-state index in [4.69, 9.17) is 10.1 Å². The zero-order chi connectivity index (χ0) is 22.9. The first-order valence-corrected chi connectivity index (χ1v) is 10.8. The van der Waals surface area contributed by atoms with Gasteiger partial charge in [0.15, 0.2) is 5.82 Å². The molecule has 164 valence electrons. The third-order valence-corrected chi connectivity index (χ3v) is 5.54. The largest absolute Gasteiger partial charge is 0.323 e. The van der Waals surface area contributed by atoms with Crippen molar-refractivity contribution >= 4 is 22.7 Å². The monoisotopic (exact) mass is 436 g/mol. The van der Waals surface area contributed by atoms with Crippen LogP contribution in [0.5, 0.6) is 0 Å². The number of aryl methyl sites for hydroxylation is 2. The highest BCUT2D eigenvalue weighted by Crippen LogP contribution is 2.33. The van der Waals surface area contributed by atoms with Crippen molar-refractivity contribution in [3.63, 3.8) is 0 Å². The number of nitrogens with zero attached hydrogens (tertiary/aromatic N) is 7. The molecule has 5 aromatic rings. The maximum atomic E-state index is 4.78. The van der Waals surface area contributed by atoms with E-state index in [0.29, 0.717) is 17.6 Å². The number of pyridine rings is 3. The standard InChI is InChI=1S/C25H24N8/c1-15(2)17-11-24(31-28-13-17)30-23-8-7-21-22(29-23)10-18(12-27-21)20-14-33(4)32-25(20)19-6-5-9-26-16(19)3/h5-15H,1-4H3,(H,29,30,31). The molecule has 0 aliphatic heterocycles. The molecule has 0 bridgehead atoms. The molecule has 5 rings (SSSR count). The first kappa shape index (κ1) is 20.7. The Kier molecular flexibility index (Phi) is 5.26. The minimum absolute atomic E-state index is 0.370. The van der Waals surface area contributed by atoms with Crippen LogP contribution in [-0.4, -0.2) is 34.9 Å². The molecule has 0 fully saturated rings. The zero-order valence-electron chi connectivity index (χ0n) is 19.0. The van der Waals surface area contributed by atoms with E-state index < -0.39 is 0 Å². The van der Waals surface area contributed by atoms with Crippen LogP contribution in [0.4, 0.5) is 11.6 Å². The van der Waals surface area contributed by atoms with Gasteiger partial charge in [0.05, 0.1) is 17.2 Å². The number of rotatable bonds is 5. The number of aromatic nitrogens is 7. The van der Waals surface area contributed by atoms with E-state index in [0.717, 1.165) is 44.7 Å². The van der Waals surface area contributed by atoms with Gasteiger partial charge in [-0.2, -0.15) is 10.2 Å². The molecule has 0 saturated carbocycles. The molecule has 0 aliphatic carbocycles. The van der Waals surface area contributed by atoms with Crippen molar-refractivity contribution in [2.75, 3.05) is 5.32 Å². The first-order valence-electron chi connectivity index (χ1n) is 10.8. The second-order valence-electron chi connectivity index (χ2n) is 8.31. The van der Waals surface area contributed by atoms with Crippen molar-refractivity contribution in [3.05, 3.63) is 72.4 Å². The molecule has 0 spiro atoms. The Hall–Kier alpha value is -4.20. The predicted octanol–water partition coefficient (Wildman–Crippen LogP) is 5.06. The van der Waals surface area contributed by atoms with Crippen LogP contribution in [0.1, 0.15) is 31.0 Å². The fraction of sp³-hybridized carbons (Fsp3) is 0.200. The lowest BCUT2D eigenvalue weighted by molar-refractivity contribution is 0.770. The Morgan fingerprint density at radius 1 is 0.939 bits per heavy atom. The van der Waals surface area contributed by atoms with E-state index in [9.17, 15) is 0 Å². The van der Waals surface area contributed by atoms with Crippen molar-refractivity contribution in [2.45, 2.75) is 26.7 Å². The number of anilines is 2. The van der Waals surface area contributed by atoms with E-state index in [1.807, 2.05) is 67.4 Å². The Morgan fingerprint density at radius 2 is 1.82 bits per heavy atom. The average molecular weight is 437 g/mol. The molecule has 0 radical (unpaired) electrons. The molecular weight excluding hydrogens is 412 g/mol. The summed E-state index contributed by atoms with van der Waals surface area (Å²) >= 11 is 0. The van der Waals surface area contributed by atoms with Gasteiger partial charge in [0, 0.05) is 48.0 Å². The first-order chi connectivity index (χ1) is 16.0. The highest BCUT2D eigenvalue weighted by molar-refractivity contribution is 5.86. The third kappa shape index (κ3) is 4.15. The summed E-state index contributed by atoms with van der Waals surface area (Å²) in [5.74, 6) is 1.72. The summed E-state index contributed by atoms with van der Waals surface area (Å²) in [6.07, 6.45) is 7.44. The number of nitrogens with one attached hydrogen (secondary N) is 1. The molecule has 8 nitrogen and oxygen atoms in total. The molecule has 0 saturated heterocycles. The van der Waals surface area contributed by atoms with Crippen LogP contribution in [0.25, 0.3) is 33.4 Å².